The molecule has 0 saturated heterocycles. The van der Waals surface area contributed by atoms with Crippen LogP contribution in [0, 0.1) is 6.92 Å². The van der Waals surface area contributed by atoms with Crippen molar-refractivity contribution in [2.45, 2.75) is 20.0 Å². The van der Waals surface area contributed by atoms with Gasteiger partial charge in [-0.2, -0.15) is 10.2 Å². The fourth-order valence-corrected chi connectivity index (χ4v) is 3.91. The second-order valence-corrected chi connectivity index (χ2v) is 7.91. The lowest BCUT2D eigenvalue weighted by atomic mass is 10.0. The standard InChI is InChI=1S/C25H23FN6O/c1-16-11-23(30-31(16)2)20-12-17(22-7-3-5-18(28-22)9-10-26)13-24-21(20)14-27-32(24)25-8-4-6-19(15-33)29-25/h3-8,11-14,33H,9-10,15H2,1-2H3. The first-order valence-electron chi connectivity index (χ1n) is 10.7. The third kappa shape index (κ3) is 3.89. The lowest BCUT2D eigenvalue weighted by Crippen LogP contribution is -2.02. The van der Waals surface area contributed by atoms with Crippen molar-refractivity contribution in [3.63, 3.8) is 0 Å². The molecule has 166 valence electrons. The van der Waals surface area contributed by atoms with E-state index in [2.05, 4.69) is 26.2 Å². The van der Waals surface area contributed by atoms with E-state index >= 15 is 0 Å². The van der Waals surface area contributed by atoms with Gasteiger partial charge in [0.2, 0.25) is 0 Å². The lowest BCUT2D eigenvalue weighted by Gasteiger charge is -2.10. The Morgan fingerprint density at radius 2 is 1.79 bits per heavy atom. The Kier molecular flexibility index (Phi) is 5.43. The Bertz CT molecular complexity index is 1440. The second kappa shape index (κ2) is 8.55. The molecule has 0 aliphatic rings. The van der Waals surface area contributed by atoms with Crippen molar-refractivity contribution in [2.75, 3.05) is 6.67 Å². The van der Waals surface area contributed by atoms with Crippen LogP contribution in [0.15, 0.2) is 60.8 Å². The number of halogens is 1. The molecule has 33 heavy (non-hydrogen) atoms. The Morgan fingerprint density at radius 1 is 0.970 bits per heavy atom. The average molecular weight is 442 g/mol. The zero-order valence-electron chi connectivity index (χ0n) is 18.4. The summed E-state index contributed by atoms with van der Waals surface area (Å²) >= 11 is 0. The summed E-state index contributed by atoms with van der Waals surface area (Å²) in [4.78, 5) is 9.19. The van der Waals surface area contributed by atoms with Gasteiger partial charge in [0.05, 0.1) is 42.1 Å². The van der Waals surface area contributed by atoms with E-state index in [0.717, 1.165) is 39.1 Å². The van der Waals surface area contributed by atoms with Crippen LogP contribution in [-0.4, -0.2) is 41.3 Å². The van der Waals surface area contributed by atoms with Crippen molar-refractivity contribution in [1.82, 2.24) is 29.5 Å². The molecule has 1 aromatic carbocycles. The maximum Gasteiger partial charge on any atom is 0.154 e. The summed E-state index contributed by atoms with van der Waals surface area (Å²) in [5, 5.41) is 19.7. The van der Waals surface area contributed by atoms with Crippen LogP contribution in [0.2, 0.25) is 0 Å². The van der Waals surface area contributed by atoms with Gasteiger partial charge in [0.15, 0.2) is 5.82 Å². The van der Waals surface area contributed by atoms with Crippen molar-refractivity contribution < 1.29 is 9.50 Å². The number of aryl methyl sites for hydroxylation is 3. The van der Waals surface area contributed by atoms with Crippen molar-refractivity contribution in [3.05, 3.63) is 77.9 Å². The fraction of sp³-hybridized carbons (Fsp3) is 0.200. The summed E-state index contributed by atoms with van der Waals surface area (Å²) in [6.45, 7) is 1.41. The summed E-state index contributed by atoms with van der Waals surface area (Å²) < 4.78 is 16.5. The highest BCUT2D eigenvalue weighted by atomic mass is 19.1. The van der Waals surface area contributed by atoms with Gasteiger partial charge in [-0.3, -0.25) is 14.1 Å². The molecule has 0 atom stereocenters. The molecule has 0 aliphatic heterocycles. The summed E-state index contributed by atoms with van der Waals surface area (Å²) in [6, 6.07) is 17.2. The molecule has 0 fully saturated rings. The maximum atomic E-state index is 12.9. The van der Waals surface area contributed by atoms with Crippen molar-refractivity contribution in [3.8, 4) is 28.3 Å². The van der Waals surface area contributed by atoms with Gasteiger partial charge < -0.3 is 5.11 Å². The molecule has 0 spiro atoms. The summed E-state index contributed by atoms with van der Waals surface area (Å²) in [5.74, 6) is 0.607. The minimum Gasteiger partial charge on any atom is -0.390 e. The predicted molar refractivity (Wildman–Crippen MR) is 125 cm³/mol. The van der Waals surface area contributed by atoms with E-state index in [0.29, 0.717) is 17.2 Å². The monoisotopic (exact) mass is 442 g/mol. The number of fused-ring (bicyclic) bond motifs is 1. The van der Waals surface area contributed by atoms with Gasteiger partial charge in [0.25, 0.3) is 0 Å². The van der Waals surface area contributed by atoms with Crippen molar-refractivity contribution in [1.29, 1.82) is 0 Å². The smallest absolute Gasteiger partial charge is 0.154 e. The van der Waals surface area contributed by atoms with Crippen LogP contribution in [-0.2, 0) is 20.1 Å². The number of nitrogens with zero attached hydrogens (tertiary/aromatic N) is 6. The Hall–Kier alpha value is -3.91. The van der Waals surface area contributed by atoms with E-state index in [9.17, 15) is 9.50 Å². The van der Waals surface area contributed by atoms with E-state index in [1.807, 2.05) is 61.1 Å². The van der Waals surface area contributed by atoms with Crippen LogP contribution in [0.1, 0.15) is 17.1 Å². The van der Waals surface area contributed by atoms with E-state index < -0.39 is 6.67 Å². The van der Waals surface area contributed by atoms with Crippen LogP contribution in [0.5, 0.6) is 0 Å². The van der Waals surface area contributed by atoms with Crippen LogP contribution < -0.4 is 0 Å². The van der Waals surface area contributed by atoms with Gasteiger partial charge in [0.1, 0.15) is 0 Å². The van der Waals surface area contributed by atoms with Gasteiger partial charge in [-0.15, -0.1) is 0 Å². The number of benzene rings is 1. The minimum atomic E-state index is -0.451. The van der Waals surface area contributed by atoms with Crippen LogP contribution in [0.25, 0.3) is 39.2 Å². The van der Waals surface area contributed by atoms with Gasteiger partial charge in [-0.05, 0) is 49.4 Å². The van der Waals surface area contributed by atoms with Gasteiger partial charge in [-0.25, -0.2) is 9.67 Å². The number of aromatic nitrogens is 6. The van der Waals surface area contributed by atoms with E-state index in [1.54, 1.807) is 16.9 Å². The number of aliphatic hydroxyl groups excluding tert-OH is 1. The lowest BCUT2D eigenvalue weighted by molar-refractivity contribution is 0.276. The number of rotatable bonds is 6. The number of alkyl halides is 1. The number of pyridine rings is 2. The van der Waals surface area contributed by atoms with Crippen LogP contribution in [0.3, 0.4) is 0 Å². The number of hydrogen-bond donors (Lipinski definition) is 1. The molecular formula is C25H23FN6O. The Morgan fingerprint density at radius 3 is 2.55 bits per heavy atom. The zero-order chi connectivity index (χ0) is 22.9. The summed E-state index contributed by atoms with van der Waals surface area (Å²) in [6.07, 6.45) is 2.08. The highest BCUT2D eigenvalue weighted by molar-refractivity contribution is 5.97. The third-order valence-corrected chi connectivity index (χ3v) is 5.70. The first-order valence-corrected chi connectivity index (χ1v) is 10.7. The highest BCUT2D eigenvalue weighted by Gasteiger charge is 2.17. The van der Waals surface area contributed by atoms with E-state index in [4.69, 9.17) is 0 Å². The maximum absolute atomic E-state index is 12.9. The Labute approximate surface area is 190 Å². The highest BCUT2D eigenvalue weighted by Crippen LogP contribution is 2.34. The average Bonchev–Trinajstić information content (AvgIpc) is 3.42. The fourth-order valence-electron chi connectivity index (χ4n) is 3.91. The molecule has 0 aliphatic carbocycles. The van der Waals surface area contributed by atoms with Gasteiger partial charge >= 0.3 is 0 Å². The normalized spacial score (nSPS) is 11.4. The van der Waals surface area contributed by atoms with E-state index in [1.165, 1.54) is 0 Å². The molecule has 7 nitrogen and oxygen atoms in total. The summed E-state index contributed by atoms with van der Waals surface area (Å²) in [7, 11) is 1.91. The second-order valence-electron chi connectivity index (χ2n) is 7.91. The first kappa shape index (κ1) is 21.0. The molecule has 0 bridgehead atoms. The molecule has 8 heteroatoms. The zero-order valence-corrected chi connectivity index (χ0v) is 18.4. The van der Waals surface area contributed by atoms with Crippen LogP contribution in [0.4, 0.5) is 4.39 Å². The molecular weight excluding hydrogens is 419 g/mol. The molecule has 5 aromatic rings. The van der Waals surface area contributed by atoms with Crippen molar-refractivity contribution in [2.24, 2.45) is 7.05 Å². The minimum absolute atomic E-state index is 0.151. The number of aliphatic hydroxyl groups is 1. The largest absolute Gasteiger partial charge is 0.390 e. The molecule has 4 heterocycles. The third-order valence-electron chi connectivity index (χ3n) is 5.70. The first-order chi connectivity index (χ1) is 16.1. The summed E-state index contributed by atoms with van der Waals surface area (Å²) in [5.41, 5.74) is 6.53. The van der Waals surface area contributed by atoms with Gasteiger partial charge in [-0.1, -0.05) is 12.1 Å². The Balaban J connectivity index is 1.76. The SMILES string of the molecule is Cc1cc(-c2cc(-c3cccc(CCF)n3)cc3c2cnn3-c2cccc(CO)n2)nn1C. The molecule has 1 N–H and O–H groups in total. The van der Waals surface area contributed by atoms with Crippen LogP contribution >= 0.6 is 0 Å². The molecule has 5 rings (SSSR count). The quantitative estimate of drug-likeness (QED) is 0.426. The molecule has 0 unspecified atom stereocenters. The molecule has 4 aromatic heterocycles. The van der Waals surface area contributed by atoms with E-state index in [-0.39, 0.29) is 13.0 Å². The number of hydrogen-bond acceptors (Lipinski definition) is 5. The molecule has 0 saturated carbocycles. The topological polar surface area (TPSA) is 81.7 Å². The van der Waals surface area contributed by atoms with Gasteiger partial charge in [0, 0.05) is 41.4 Å². The predicted octanol–water partition coefficient (Wildman–Crippen LogP) is 4.20. The molecule has 0 radical (unpaired) electrons. The molecule has 0 amide bonds. The van der Waals surface area contributed by atoms with Crippen molar-refractivity contribution >= 4 is 10.9 Å².